The van der Waals surface area contributed by atoms with Gasteiger partial charge in [-0.05, 0) is 29.7 Å². The summed E-state index contributed by atoms with van der Waals surface area (Å²) in [5.41, 5.74) is -2.58. The quantitative estimate of drug-likeness (QED) is 0.859. The van der Waals surface area contributed by atoms with Crippen LogP contribution in [0.5, 0.6) is 5.75 Å². The molecule has 0 aromatic heterocycles. The van der Waals surface area contributed by atoms with E-state index in [1.165, 1.54) is 18.2 Å². The lowest BCUT2D eigenvalue weighted by atomic mass is 9.99. The third-order valence-electron chi connectivity index (χ3n) is 4.46. The number of hydrogen-bond donors (Lipinski definition) is 2. The van der Waals surface area contributed by atoms with E-state index in [9.17, 15) is 28.2 Å². The SMILES string of the molecule is CCc1ccc(C2=NN(C(=O)c3ccccc3O)[C@@](O)(C(F)(F)F)C2)cc1. The smallest absolute Gasteiger partial charge is 0.438 e. The molecule has 27 heavy (non-hydrogen) atoms. The van der Waals surface area contributed by atoms with Gasteiger partial charge in [-0.25, -0.2) is 0 Å². The van der Waals surface area contributed by atoms with Crippen molar-refractivity contribution in [3.63, 3.8) is 0 Å². The number of phenolic OH excluding ortho intramolecular Hbond substituents is 1. The third kappa shape index (κ3) is 3.28. The van der Waals surface area contributed by atoms with Crippen LogP contribution in [0.2, 0.25) is 0 Å². The number of carbonyl (C=O) groups is 1. The zero-order chi connectivity index (χ0) is 19.8. The van der Waals surface area contributed by atoms with E-state index in [4.69, 9.17) is 0 Å². The number of phenols is 1. The van der Waals surface area contributed by atoms with Crippen LogP contribution in [0.3, 0.4) is 0 Å². The average Bonchev–Trinajstić information content (AvgIpc) is 3.00. The highest BCUT2D eigenvalue weighted by Gasteiger charge is 2.63. The van der Waals surface area contributed by atoms with Gasteiger partial charge in [0.2, 0.25) is 0 Å². The highest BCUT2D eigenvalue weighted by molar-refractivity contribution is 6.06. The molecule has 1 aliphatic heterocycles. The Bertz CT molecular complexity index is 894. The fraction of sp³-hybridized carbons (Fsp3) is 0.263. The maximum Gasteiger partial charge on any atom is 0.438 e. The fourth-order valence-corrected chi connectivity index (χ4v) is 2.84. The van der Waals surface area contributed by atoms with Crippen molar-refractivity contribution < 1.29 is 28.2 Å². The summed E-state index contributed by atoms with van der Waals surface area (Å²) in [5.74, 6) is -1.74. The van der Waals surface area contributed by atoms with Gasteiger partial charge in [-0.1, -0.05) is 43.3 Å². The minimum atomic E-state index is -5.14. The molecule has 2 aromatic rings. The van der Waals surface area contributed by atoms with Crippen LogP contribution in [0.1, 0.15) is 34.8 Å². The van der Waals surface area contributed by atoms with Gasteiger partial charge in [0.15, 0.2) is 0 Å². The van der Waals surface area contributed by atoms with Crippen LogP contribution in [0.15, 0.2) is 53.6 Å². The number of aryl methyl sites for hydroxylation is 1. The fourth-order valence-electron chi connectivity index (χ4n) is 2.84. The largest absolute Gasteiger partial charge is 0.507 e. The van der Waals surface area contributed by atoms with Gasteiger partial charge in [-0.3, -0.25) is 4.79 Å². The van der Waals surface area contributed by atoms with Crippen molar-refractivity contribution in [3.8, 4) is 5.75 Å². The van der Waals surface area contributed by atoms with E-state index < -0.39 is 30.0 Å². The molecule has 1 aliphatic rings. The van der Waals surface area contributed by atoms with Gasteiger partial charge in [0.05, 0.1) is 17.7 Å². The standard InChI is InChI=1S/C19H17F3N2O3/c1-2-12-7-9-13(10-8-12)15-11-18(27,19(20,21)22)24(23-15)17(26)14-5-3-4-6-16(14)25/h3-10,25,27H,2,11H2,1H3/t18-/m0/s1. The Hall–Kier alpha value is -2.87. The van der Waals surface area contributed by atoms with Crippen molar-refractivity contribution in [2.45, 2.75) is 31.7 Å². The third-order valence-corrected chi connectivity index (χ3v) is 4.46. The van der Waals surface area contributed by atoms with E-state index in [1.54, 1.807) is 24.3 Å². The predicted molar refractivity (Wildman–Crippen MR) is 92.3 cm³/mol. The first-order chi connectivity index (χ1) is 12.7. The second-order valence-electron chi connectivity index (χ2n) is 6.22. The summed E-state index contributed by atoms with van der Waals surface area (Å²) in [7, 11) is 0. The second-order valence-corrected chi connectivity index (χ2v) is 6.22. The predicted octanol–water partition coefficient (Wildman–Crippen LogP) is 3.46. The molecule has 1 atom stereocenters. The second kappa shape index (κ2) is 6.70. The van der Waals surface area contributed by atoms with Gasteiger partial charge in [0.1, 0.15) is 5.75 Å². The van der Waals surface area contributed by atoms with Crippen molar-refractivity contribution >= 4 is 11.6 Å². The number of nitrogens with zero attached hydrogens (tertiary/aromatic N) is 2. The molecule has 0 saturated carbocycles. The van der Waals surface area contributed by atoms with Gasteiger partial charge >= 0.3 is 6.18 Å². The van der Waals surface area contributed by atoms with E-state index in [0.717, 1.165) is 18.1 Å². The van der Waals surface area contributed by atoms with Gasteiger partial charge in [0, 0.05) is 0 Å². The summed E-state index contributed by atoms with van der Waals surface area (Å²) in [4.78, 5) is 12.6. The van der Waals surface area contributed by atoms with E-state index in [2.05, 4.69) is 5.10 Å². The van der Waals surface area contributed by atoms with Crippen LogP contribution >= 0.6 is 0 Å². The molecule has 5 nitrogen and oxygen atoms in total. The van der Waals surface area contributed by atoms with Crippen molar-refractivity contribution in [2.24, 2.45) is 5.10 Å². The maximum atomic E-state index is 13.6. The Morgan fingerprint density at radius 2 is 1.81 bits per heavy atom. The monoisotopic (exact) mass is 378 g/mol. The van der Waals surface area contributed by atoms with Crippen LogP contribution in [0.25, 0.3) is 0 Å². The van der Waals surface area contributed by atoms with E-state index in [1.807, 2.05) is 6.92 Å². The molecule has 0 spiro atoms. The number of rotatable bonds is 3. The molecule has 0 unspecified atom stereocenters. The van der Waals surface area contributed by atoms with Gasteiger partial charge in [-0.2, -0.15) is 23.3 Å². The lowest BCUT2D eigenvalue weighted by Gasteiger charge is -2.32. The van der Waals surface area contributed by atoms with Crippen LogP contribution in [-0.4, -0.2) is 38.7 Å². The molecule has 2 N–H and O–H groups in total. The Morgan fingerprint density at radius 3 is 2.37 bits per heavy atom. The molecular formula is C19H17F3N2O3. The van der Waals surface area contributed by atoms with Crippen molar-refractivity contribution in [1.29, 1.82) is 0 Å². The normalized spacial score (nSPS) is 19.9. The highest BCUT2D eigenvalue weighted by Crippen LogP contribution is 2.42. The number of aliphatic hydroxyl groups is 1. The number of halogens is 3. The van der Waals surface area contributed by atoms with Gasteiger partial charge < -0.3 is 10.2 Å². The molecule has 3 rings (SSSR count). The van der Waals surface area contributed by atoms with E-state index in [-0.39, 0.29) is 16.3 Å². The van der Waals surface area contributed by atoms with Crippen LogP contribution < -0.4 is 0 Å². The lowest BCUT2D eigenvalue weighted by Crippen LogP contribution is -2.56. The van der Waals surface area contributed by atoms with Crippen molar-refractivity contribution in [1.82, 2.24) is 5.01 Å². The minimum absolute atomic E-state index is 0.00508. The summed E-state index contributed by atoms with van der Waals surface area (Å²) in [6, 6.07) is 11.8. The number of amides is 1. The van der Waals surface area contributed by atoms with Gasteiger partial charge in [-0.15, -0.1) is 0 Å². The molecular weight excluding hydrogens is 361 g/mol. The average molecular weight is 378 g/mol. The molecule has 142 valence electrons. The zero-order valence-electron chi connectivity index (χ0n) is 14.4. The Labute approximate surface area is 153 Å². The number of para-hydroxylation sites is 1. The molecule has 1 amide bonds. The maximum absolute atomic E-state index is 13.6. The van der Waals surface area contributed by atoms with E-state index >= 15 is 0 Å². The first kappa shape index (κ1) is 18.9. The topological polar surface area (TPSA) is 73.1 Å². The summed E-state index contributed by atoms with van der Waals surface area (Å²) in [6.07, 6.45) is -5.28. The first-order valence-electron chi connectivity index (χ1n) is 8.26. The summed E-state index contributed by atoms with van der Waals surface area (Å²) >= 11 is 0. The van der Waals surface area contributed by atoms with E-state index in [0.29, 0.717) is 5.56 Å². The number of alkyl halides is 3. The number of benzene rings is 2. The summed E-state index contributed by atoms with van der Waals surface area (Å²) in [5, 5.41) is 23.9. The molecule has 0 saturated heterocycles. The molecule has 0 aliphatic carbocycles. The number of hydrogen-bond acceptors (Lipinski definition) is 4. The van der Waals surface area contributed by atoms with Crippen molar-refractivity contribution in [3.05, 3.63) is 65.2 Å². The van der Waals surface area contributed by atoms with Crippen LogP contribution in [-0.2, 0) is 6.42 Å². The molecule has 8 heteroatoms. The zero-order valence-corrected chi connectivity index (χ0v) is 14.4. The van der Waals surface area contributed by atoms with Gasteiger partial charge in [0.25, 0.3) is 11.6 Å². The van der Waals surface area contributed by atoms with Crippen LogP contribution in [0, 0.1) is 0 Å². The number of aromatic hydroxyl groups is 1. The summed E-state index contributed by atoms with van der Waals surface area (Å²) < 4.78 is 40.8. The molecule has 1 heterocycles. The Balaban J connectivity index is 2.05. The minimum Gasteiger partial charge on any atom is -0.507 e. The summed E-state index contributed by atoms with van der Waals surface area (Å²) in [6.45, 7) is 1.94. The molecule has 2 aromatic carbocycles. The van der Waals surface area contributed by atoms with Crippen molar-refractivity contribution in [2.75, 3.05) is 0 Å². The lowest BCUT2D eigenvalue weighted by molar-refractivity contribution is -0.297. The molecule has 0 bridgehead atoms. The molecule has 0 fully saturated rings. The number of carbonyl (C=O) groups excluding carboxylic acids is 1. The highest BCUT2D eigenvalue weighted by atomic mass is 19.4. The molecule has 0 radical (unpaired) electrons. The first-order valence-corrected chi connectivity index (χ1v) is 8.26. The Kier molecular flexibility index (Phi) is 4.69. The van der Waals surface area contributed by atoms with Crippen LogP contribution in [0.4, 0.5) is 13.2 Å². The Morgan fingerprint density at radius 1 is 1.19 bits per heavy atom. The number of hydrazone groups is 1.